The molecule has 0 saturated heterocycles. The number of benzene rings is 3. The topological polar surface area (TPSA) is 32.9 Å². The second kappa shape index (κ2) is 5.40. The number of aldehydes is 1. The van der Waals surface area contributed by atoms with Gasteiger partial charge in [-0.2, -0.15) is 0 Å². The van der Waals surface area contributed by atoms with E-state index in [2.05, 4.69) is 53.5 Å². The van der Waals surface area contributed by atoms with Gasteiger partial charge < -0.3 is 9.78 Å². The van der Waals surface area contributed by atoms with Crippen molar-refractivity contribution in [3.05, 3.63) is 72.3 Å². The molecule has 2 nitrogen and oxygen atoms in total. The average Bonchev–Trinajstić information content (AvgIpc) is 3.00. The molecule has 0 fully saturated rings. The van der Waals surface area contributed by atoms with Crippen LogP contribution in [0.5, 0.6) is 0 Å². The summed E-state index contributed by atoms with van der Waals surface area (Å²) in [5.41, 5.74) is 5.70. The first-order chi connectivity index (χ1) is 11.3. The van der Waals surface area contributed by atoms with Crippen LogP contribution in [-0.2, 0) is 4.79 Å². The summed E-state index contributed by atoms with van der Waals surface area (Å²) >= 11 is 0. The molecule has 1 N–H and O–H groups in total. The van der Waals surface area contributed by atoms with Crippen molar-refractivity contribution in [1.82, 2.24) is 4.98 Å². The van der Waals surface area contributed by atoms with Crippen LogP contribution in [0.15, 0.2) is 66.7 Å². The van der Waals surface area contributed by atoms with Gasteiger partial charge in [-0.05, 0) is 17.2 Å². The summed E-state index contributed by atoms with van der Waals surface area (Å²) < 4.78 is 0. The molecule has 4 rings (SSSR count). The second-order valence-electron chi connectivity index (χ2n) is 5.95. The Morgan fingerprint density at radius 2 is 1.61 bits per heavy atom. The third-order valence-corrected chi connectivity index (χ3v) is 4.49. The lowest BCUT2D eigenvalue weighted by atomic mass is 9.97. The standard InChI is InChI=1S/C21H17NO/c1-14(13-23)15-9-11-16(12-10-15)17-6-4-7-19-18-5-2-3-8-20(18)22-21(17)19/h2-14,22H,1H3. The van der Waals surface area contributed by atoms with E-state index in [1.807, 2.05) is 25.1 Å². The van der Waals surface area contributed by atoms with Crippen LogP contribution in [0.4, 0.5) is 0 Å². The molecule has 0 spiro atoms. The van der Waals surface area contributed by atoms with Crippen molar-refractivity contribution >= 4 is 28.1 Å². The van der Waals surface area contributed by atoms with E-state index in [4.69, 9.17) is 0 Å². The van der Waals surface area contributed by atoms with E-state index in [1.54, 1.807) is 0 Å². The summed E-state index contributed by atoms with van der Waals surface area (Å²) in [4.78, 5) is 14.5. The molecule has 4 aromatic rings. The van der Waals surface area contributed by atoms with Crippen LogP contribution in [0.3, 0.4) is 0 Å². The fraction of sp³-hybridized carbons (Fsp3) is 0.0952. The van der Waals surface area contributed by atoms with E-state index in [-0.39, 0.29) is 5.92 Å². The Labute approximate surface area is 134 Å². The number of aromatic nitrogens is 1. The molecule has 0 aliphatic heterocycles. The van der Waals surface area contributed by atoms with E-state index in [0.717, 1.165) is 28.4 Å². The van der Waals surface area contributed by atoms with Gasteiger partial charge in [-0.25, -0.2) is 0 Å². The molecule has 2 heteroatoms. The summed E-state index contributed by atoms with van der Waals surface area (Å²) in [6, 6.07) is 23.0. The highest BCUT2D eigenvalue weighted by Crippen LogP contribution is 2.33. The molecule has 0 aliphatic carbocycles. The van der Waals surface area contributed by atoms with Crippen LogP contribution in [-0.4, -0.2) is 11.3 Å². The summed E-state index contributed by atoms with van der Waals surface area (Å²) in [5, 5.41) is 2.49. The lowest BCUT2D eigenvalue weighted by Gasteiger charge is -2.07. The molecule has 0 aliphatic rings. The van der Waals surface area contributed by atoms with Gasteiger partial charge >= 0.3 is 0 Å². The molecular weight excluding hydrogens is 282 g/mol. The number of rotatable bonds is 3. The van der Waals surface area contributed by atoms with Crippen molar-refractivity contribution in [2.45, 2.75) is 12.8 Å². The number of nitrogens with one attached hydrogen (secondary N) is 1. The zero-order valence-corrected chi connectivity index (χ0v) is 12.9. The minimum Gasteiger partial charge on any atom is -0.354 e. The number of fused-ring (bicyclic) bond motifs is 3. The van der Waals surface area contributed by atoms with Gasteiger partial charge in [0, 0.05) is 27.8 Å². The molecule has 1 unspecified atom stereocenters. The molecule has 1 atom stereocenters. The third-order valence-electron chi connectivity index (χ3n) is 4.49. The molecule has 0 bridgehead atoms. The van der Waals surface area contributed by atoms with Crippen LogP contribution in [0, 0.1) is 0 Å². The van der Waals surface area contributed by atoms with E-state index < -0.39 is 0 Å². The second-order valence-corrected chi connectivity index (χ2v) is 5.95. The van der Waals surface area contributed by atoms with Gasteiger partial charge in [0.25, 0.3) is 0 Å². The van der Waals surface area contributed by atoms with Crippen LogP contribution in [0.1, 0.15) is 18.4 Å². The van der Waals surface area contributed by atoms with Crippen LogP contribution in [0.25, 0.3) is 32.9 Å². The SMILES string of the molecule is CC(C=O)c1ccc(-c2cccc3c2[nH]c2ccccc23)cc1. The predicted molar refractivity (Wildman–Crippen MR) is 95.7 cm³/mol. The van der Waals surface area contributed by atoms with E-state index in [0.29, 0.717) is 0 Å². The molecule has 0 radical (unpaired) electrons. The number of carbonyl (C=O) groups is 1. The highest BCUT2D eigenvalue weighted by Gasteiger charge is 2.10. The summed E-state index contributed by atoms with van der Waals surface area (Å²) in [6.45, 7) is 1.92. The number of hydrogen-bond donors (Lipinski definition) is 1. The number of H-pyrrole nitrogens is 1. The maximum absolute atomic E-state index is 10.9. The van der Waals surface area contributed by atoms with E-state index in [1.165, 1.54) is 16.3 Å². The highest BCUT2D eigenvalue weighted by atomic mass is 16.1. The third kappa shape index (κ3) is 2.23. The number of para-hydroxylation sites is 2. The minimum absolute atomic E-state index is 0.0621. The first-order valence-corrected chi connectivity index (χ1v) is 7.83. The fourth-order valence-corrected chi connectivity index (χ4v) is 3.16. The number of hydrogen-bond acceptors (Lipinski definition) is 1. The van der Waals surface area contributed by atoms with Crippen LogP contribution >= 0.6 is 0 Å². The Kier molecular flexibility index (Phi) is 3.23. The Hall–Kier alpha value is -2.87. The van der Waals surface area contributed by atoms with Crippen LogP contribution in [0.2, 0.25) is 0 Å². The van der Waals surface area contributed by atoms with Crippen molar-refractivity contribution in [1.29, 1.82) is 0 Å². The first-order valence-electron chi connectivity index (χ1n) is 7.83. The maximum atomic E-state index is 10.9. The van der Waals surface area contributed by atoms with Gasteiger partial charge in [-0.15, -0.1) is 0 Å². The summed E-state index contributed by atoms with van der Waals surface area (Å²) in [5.74, 6) is -0.0621. The Balaban J connectivity index is 1.90. The van der Waals surface area contributed by atoms with Gasteiger partial charge in [-0.3, -0.25) is 0 Å². The first kappa shape index (κ1) is 13.8. The molecule has 1 aromatic heterocycles. The molecule has 112 valence electrons. The monoisotopic (exact) mass is 299 g/mol. The van der Waals surface area contributed by atoms with Crippen LogP contribution < -0.4 is 0 Å². The zero-order valence-electron chi connectivity index (χ0n) is 12.9. The minimum atomic E-state index is -0.0621. The van der Waals surface area contributed by atoms with E-state index >= 15 is 0 Å². The van der Waals surface area contributed by atoms with Crippen molar-refractivity contribution in [2.24, 2.45) is 0 Å². The smallest absolute Gasteiger partial charge is 0.127 e. The highest BCUT2D eigenvalue weighted by molar-refractivity contribution is 6.11. The van der Waals surface area contributed by atoms with Gasteiger partial charge in [0.1, 0.15) is 6.29 Å². The Morgan fingerprint density at radius 3 is 2.39 bits per heavy atom. The zero-order chi connectivity index (χ0) is 15.8. The molecule has 3 aromatic carbocycles. The summed E-state index contributed by atoms with van der Waals surface area (Å²) in [7, 11) is 0. The Morgan fingerprint density at radius 1 is 0.870 bits per heavy atom. The molecule has 0 amide bonds. The Bertz CT molecular complexity index is 995. The predicted octanol–water partition coefficient (Wildman–Crippen LogP) is 5.29. The molecule has 0 saturated carbocycles. The van der Waals surface area contributed by atoms with Crippen molar-refractivity contribution in [2.75, 3.05) is 0 Å². The van der Waals surface area contributed by atoms with Crippen molar-refractivity contribution in [3.8, 4) is 11.1 Å². The average molecular weight is 299 g/mol. The number of aromatic amines is 1. The lowest BCUT2D eigenvalue weighted by Crippen LogP contribution is -1.93. The largest absolute Gasteiger partial charge is 0.354 e. The molecule has 23 heavy (non-hydrogen) atoms. The van der Waals surface area contributed by atoms with Gasteiger partial charge in [0.2, 0.25) is 0 Å². The maximum Gasteiger partial charge on any atom is 0.127 e. The lowest BCUT2D eigenvalue weighted by molar-refractivity contribution is -0.108. The summed E-state index contributed by atoms with van der Waals surface area (Å²) in [6.07, 6.45) is 0.980. The fourth-order valence-electron chi connectivity index (χ4n) is 3.16. The molecular formula is C21H17NO. The van der Waals surface area contributed by atoms with Gasteiger partial charge in [0.15, 0.2) is 0 Å². The molecule has 1 heterocycles. The van der Waals surface area contributed by atoms with E-state index in [9.17, 15) is 4.79 Å². The van der Waals surface area contributed by atoms with Crippen molar-refractivity contribution < 1.29 is 4.79 Å². The quantitative estimate of drug-likeness (QED) is 0.512. The number of carbonyl (C=O) groups excluding carboxylic acids is 1. The normalized spacial score (nSPS) is 12.6. The van der Waals surface area contributed by atoms with Gasteiger partial charge in [0.05, 0.1) is 5.52 Å². The van der Waals surface area contributed by atoms with Crippen molar-refractivity contribution in [3.63, 3.8) is 0 Å². The van der Waals surface area contributed by atoms with Gasteiger partial charge in [-0.1, -0.05) is 67.6 Å².